The van der Waals surface area contributed by atoms with Gasteiger partial charge in [0.25, 0.3) is 0 Å². The van der Waals surface area contributed by atoms with E-state index in [4.69, 9.17) is 16.3 Å². The van der Waals surface area contributed by atoms with Gasteiger partial charge in [0.2, 0.25) is 0 Å². The zero-order chi connectivity index (χ0) is 19.4. The van der Waals surface area contributed by atoms with Gasteiger partial charge in [0.05, 0.1) is 13.2 Å². The average molecular weight is 387 g/mol. The number of benzene rings is 2. The topological polar surface area (TPSA) is 63.5 Å². The van der Waals surface area contributed by atoms with Crippen molar-refractivity contribution >= 4 is 28.5 Å². The van der Waals surface area contributed by atoms with Crippen molar-refractivity contribution in [2.75, 3.05) is 13.7 Å². The minimum atomic E-state index is -0.660. The molecule has 2 aromatic carbocycles. The molecule has 27 heavy (non-hydrogen) atoms. The van der Waals surface area contributed by atoms with Gasteiger partial charge in [-0.15, -0.1) is 0 Å². The van der Waals surface area contributed by atoms with Crippen LogP contribution in [0.25, 0.3) is 10.9 Å². The van der Waals surface area contributed by atoms with Crippen molar-refractivity contribution in [3.05, 3.63) is 70.9 Å². The molecule has 2 N–H and O–H groups in total. The Labute approximate surface area is 163 Å². The Kier molecular flexibility index (Phi) is 6.16. The van der Waals surface area contributed by atoms with E-state index in [1.54, 1.807) is 12.1 Å². The minimum absolute atomic E-state index is 0.0260. The predicted molar refractivity (Wildman–Crippen MR) is 107 cm³/mol. The summed E-state index contributed by atoms with van der Waals surface area (Å²) in [7, 11) is 1.38. The zero-order valence-corrected chi connectivity index (χ0v) is 16.1. The molecule has 3 rings (SSSR count). The molecule has 0 saturated heterocycles. The standard InChI is InChI=1S/C21H23ClN2O3/c1-14(23-12-20(25)16-7-5-8-17(22)10-16)13-24-18-9-4-3-6-15(18)11-19(24)21(26)27-2/h3-11,14,20,23,25H,12-13H2,1-2H3/t14?,20-/m0/s1. The molecule has 0 radical (unpaired) electrons. The summed E-state index contributed by atoms with van der Waals surface area (Å²) in [6.45, 7) is 2.97. The number of esters is 1. The number of ether oxygens (including phenoxy) is 1. The molecule has 2 atom stereocenters. The van der Waals surface area contributed by atoms with Crippen molar-refractivity contribution in [1.29, 1.82) is 0 Å². The maximum Gasteiger partial charge on any atom is 0.354 e. The van der Waals surface area contributed by atoms with Crippen molar-refractivity contribution in [3.8, 4) is 0 Å². The molecule has 1 unspecified atom stereocenters. The molecular weight excluding hydrogens is 364 g/mol. The fraction of sp³-hybridized carbons (Fsp3) is 0.286. The average Bonchev–Trinajstić information content (AvgIpc) is 3.04. The summed E-state index contributed by atoms with van der Waals surface area (Å²) in [5, 5.41) is 15.3. The van der Waals surface area contributed by atoms with E-state index in [0.29, 0.717) is 23.8 Å². The fourth-order valence-corrected chi connectivity index (χ4v) is 3.36. The molecule has 0 aliphatic carbocycles. The van der Waals surface area contributed by atoms with Crippen LogP contribution in [0.15, 0.2) is 54.6 Å². The predicted octanol–water partition coefficient (Wildman–Crippen LogP) is 3.79. The highest BCUT2D eigenvalue weighted by Gasteiger charge is 2.18. The van der Waals surface area contributed by atoms with E-state index >= 15 is 0 Å². The molecule has 0 saturated carbocycles. The third-order valence-electron chi connectivity index (χ3n) is 4.55. The number of rotatable bonds is 7. The van der Waals surface area contributed by atoms with Crippen molar-refractivity contribution in [3.63, 3.8) is 0 Å². The van der Waals surface area contributed by atoms with Crippen LogP contribution in [0, 0.1) is 0 Å². The SMILES string of the molecule is COC(=O)c1cc2ccccc2n1CC(C)NC[C@H](O)c1cccc(Cl)c1. The lowest BCUT2D eigenvalue weighted by Gasteiger charge is -2.20. The quantitative estimate of drug-likeness (QED) is 0.606. The van der Waals surface area contributed by atoms with Gasteiger partial charge in [-0.25, -0.2) is 4.79 Å². The van der Waals surface area contributed by atoms with Crippen LogP contribution < -0.4 is 5.32 Å². The first-order valence-electron chi connectivity index (χ1n) is 8.83. The van der Waals surface area contributed by atoms with Gasteiger partial charge in [0.15, 0.2) is 0 Å². The van der Waals surface area contributed by atoms with Gasteiger partial charge in [-0.05, 0) is 36.8 Å². The molecule has 0 aliphatic rings. The number of nitrogens with zero attached hydrogens (tertiary/aromatic N) is 1. The molecule has 0 amide bonds. The number of carbonyl (C=O) groups is 1. The first kappa shape index (κ1) is 19.4. The lowest BCUT2D eigenvalue weighted by molar-refractivity contribution is 0.0588. The highest BCUT2D eigenvalue weighted by atomic mass is 35.5. The van der Waals surface area contributed by atoms with Crippen LogP contribution in [0.5, 0.6) is 0 Å². The summed E-state index contributed by atoms with van der Waals surface area (Å²) in [4.78, 5) is 12.2. The number of para-hydroxylation sites is 1. The second-order valence-electron chi connectivity index (χ2n) is 6.57. The number of hydrogen-bond acceptors (Lipinski definition) is 4. The third kappa shape index (κ3) is 4.50. The van der Waals surface area contributed by atoms with Crippen LogP contribution in [0.3, 0.4) is 0 Å². The van der Waals surface area contributed by atoms with E-state index < -0.39 is 6.10 Å². The molecule has 1 aromatic heterocycles. The normalized spacial score (nSPS) is 13.5. The summed E-state index contributed by atoms with van der Waals surface area (Å²) in [5.74, 6) is -0.364. The number of carbonyl (C=O) groups excluding carboxylic acids is 1. The Morgan fingerprint density at radius 2 is 2.00 bits per heavy atom. The number of methoxy groups -OCH3 is 1. The number of aromatic nitrogens is 1. The van der Waals surface area contributed by atoms with Gasteiger partial charge in [0.1, 0.15) is 5.69 Å². The highest BCUT2D eigenvalue weighted by Crippen LogP contribution is 2.21. The molecule has 5 nitrogen and oxygen atoms in total. The highest BCUT2D eigenvalue weighted by molar-refractivity contribution is 6.30. The molecule has 142 valence electrons. The van der Waals surface area contributed by atoms with Crippen molar-refractivity contribution in [2.24, 2.45) is 0 Å². The van der Waals surface area contributed by atoms with Crippen LogP contribution in [0.4, 0.5) is 0 Å². The van der Waals surface area contributed by atoms with Crippen LogP contribution in [0.1, 0.15) is 29.1 Å². The van der Waals surface area contributed by atoms with Crippen LogP contribution >= 0.6 is 11.6 Å². The molecule has 0 spiro atoms. The van der Waals surface area contributed by atoms with E-state index in [1.807, 2.05) is 54.0 Å². The molecule has 0 bridgehead atoms. The number of aliphatic hydroxyl groups is 1. The van der Waals surface area contributed by atoms with Crippen molar-refractivity contribution in [1.82, 2.24) is 9.88 Å². The molecule has 3 aromatic rings. The summed E-state index contributed by atoms with van der Waals surface area (Å²) in [6.07, 6.45) is -0.660. The lowest BCUT2D eigenvalue weighted by atomic mass is 10.1. The molecule has 0 fully saturated rings. The number of halogens is 1. The van der Waals surface area contributed by atoms with Gasteiger partial charge in [0, 0.05) is 35.1 Å². The second-order valence-corrected chi connectivity index (χ2v) is 7.01. The summed E-state index contributed by atoms with van der Waals surface area (Å²) in [6, 6.07) is 16.9. The lowest BCUT2D eigenvalue weighted by Crippen LogP contribution is -2.34. The fourth-order valence-electron chi connectivity index (χ4n) is 3.16. The van der Waals surface area contributed by atoms with Gasteiger partial charge < -0.3 is 19.7 Å². The monoisotopic (exact) mass is 386 g/mol. The molecular formula is C21H23ClN2O3. The number of fused-ring (bicyclic) bond motifs is 1. The molecule has 0 aliphatic heterocycles. The Balaban J connectivity index is 1.72. The Bertz CT molecular complexity index is 938. The Morgan fingerprint density at radius 1 is 1.22 bits per heavy atom. The smallest absolute Gasteiger partial charge is 0.354 e. The van der Waals surface area contributed by atoms with E-state index in [0.717, 1.165) is 16.5 Å². The number of hydrogen-bond donors (Lipinski definition) is 2. The van der Waals surface area contributed by atoms with E-state index in [9.17, 15) is 9.90 Å². The maximum absolute atomic E-state index is 12.2. The summed E-state index contributed by atoms with van der Waals surface area (Å²) < 4.78 is 6.87. The van der Waals surface area contributed by atoms with Gasteiger partial charge in [-0.2, -0.15) is 0 Å². The number of nitrogens with one attached hydrogen (secondary N) is 1. The molecule has 6 heteroatoms. The van der Waals surface area contributed by atoms with Crippen molar-refractivity contribution < 1.29 is 14.6 Å². The third-order valence-corrected chi connectivity index (χ3v) is 4.79. The van der Waals surface area contributed by atoms with Crippen LogP contribution in [-0.4, -0.2) is 35.3 Å². The first-order chi connectivity index (χ1) is 13.0. The second kappa shape index (κ2) is 8.57. The van der Waals surface area contributed by atoms with Crippen LogP contribution in [-0.2, 0) is 11.3 Å². The maximum atomic E-state index is 12.2. The summed E-state index contributed by atoms with van der Waals surface area (Å²) in [5.41, 5.74) is 2.26. The van der Waals surface area contributed by atoms with Crippen LogP contribution in [0.2, 0.25) is 5.02 Å². The van der Waals surface area contributed by atoms with E-state index in [-0.39, 0.29) is 12.0 Å². The minimum Gasteiger partial charge on any atom is -0.464 e. The van der Waals surface area contributed by atoms with E-state index in [1.165, 1.54) is 7.11 Å². The zero-order valence-electron chi connectivity index (χ0n) is 15.4. The van der Waals surface area contributed by atoms with Gasteiger partial charge in [-0.1, -0.05) is 41.9 Å². The van der Waals surface area contributed by atoms with E-state index in [2.05, 4.69) is 5.32 Å². The van der Waals surface area contributed by atoms with Gasteiger partial charge >= 0.3 is 5.97 Å². The van der Waals surface area contributed by atoms with Gasteiger partial charge in [-0.3, -0.25) is 0 Å². The Morgan fingerprint density at radius 3 is 2.74 bits per heavy atom. The Hall–Kier alpha value is -2.34. The summed E-state index contributed by atoms with van der Waals surface area (Å²) >= 11 is 5.98. The number of aliphatic hydroxyl groups excluding tert-OH is 1. The molecule has 1 heterocycles. The van der Waals surface area contributed by atoms with Crippen molar-refractivity contribution in [2.45, 2.75) is 25.6 Å². The largest absolute Gasteiger partial charge is 0.464 e. The first-order valence-corrected chi connectivity index (χ1v) is 9.21.